The standard InChI is InChI=1S/C16H20BrNO5/c1-10(23-13-6-2-5-12(17)8-13)15(19)18-14(16(20)21)11-4-3-7-22-9-11/h2,5-6,8,10-11,14H,3-4,7,9H2,1H3,(H,18,19)(H,20,21). The van der Waals surface area contributed by atoms with Crippen molar-refractivity contribution in [3.8, 4) is 5.75 Å². The third-order valence-electron chi connectivity index (χ3n) is 3.71. The quantitative estimate of drug-likeness (QED) is 0.783. The molecular weight excluding hydrogens is 366 g/mol. The lowest BCUT2D eigenvalue weighted by molar-refractivity contribution is -0.146. The van der Waals surface area contributed by atoms with Gasteiger partial charge in [0.05, 0.1) is 6.61 Å². The third-order valence-corrected chi connectivity index (χ3v) is 4.20. The van der Waals surface area contributed by atoms with Gasteiger partial charge in [0.15, 0.2) is 6.10 Å². The molecule has 0 bridgehead atoms. The molecule has 1 saturated heterocycles. The summed E-state index contributed by atoms with van der Waals surface area (Å²) < 4.78 is 11.7. The smallest absolute Gasteiger partial charge is 0.326 e. The minimum absolute atomic E-state index is 0.219. The maximum Gasteiger partial charge on any atom is 0.326 e. The zero-order chi connectivity index (χ0) is 16.8. The van der Waals surface area contributed by atoms with Crippen LogP contribution in [0.4, 0.5) is 0 Å². The molecule has 1 aromatic rings. The summed E-state index contributed by atoms with van der Waals surface area (Å²) in [4.78, 5) is 23.7. The Morgan fingerprint density at radius 2 is 2.26 bits per heavy atom. The Bertz CT molecular complexity index is 559. The molecule has 1 aliphatic rings. The fourth-order valence-electron chi connectivity index (χ4n) is 2.48. The number of amides is 1. The van der Waals surface area contributed by atoms with Crippen LogP contribution in [0, 0.1) is 5.92 Å². The van der Waals surface area contributed by atoms with Crippen LogP contribution < -0.4 is 10.1 Å². The molecule has 7 heteroatoms. The van der Waals surface area contributed by atoms with E-state index >= 15 is 0 Å². The number of hydrogen-bond acceptors (Lipinski definition) is 4. The van der Waals surface area contributed by atoms with Gasteiger partial charge in [0, 0.05) is 17.0 Å². The van der Waals surface area contributed by atoms with E-state index in [0.29, 0.717) is 19.0 Å². The van der Waals surface area contributed by atoms with Crippen molar-refractivity contribution in [3.05, 3.63) is 28.7 Å². The molecule has 2 rings (SSSR count). The number of hydrogen-bond donors (Lipinski definition) is 2. The molecule has 1 aliphatic heterocycles. The number of carboxylic acid groups (broad SMARTS) is 1. The van der Waals surface area contributed by atoms with Crippen molar-refractivity contribution < 1.29 is 24.2 Å². The van der Waals surface area contributed by atoms with E-state index in [4.69, 9.17) is 9.47 Å². The van der Waals surface area contributed by atoms with Gasteiger partial charge in [-0.1, -0.05) is 22.0 Å². The molecule has 1 heterocycles. The fraction of sp³-hybridized carbons (Fsp3) is 0.500. The highest BCUT2D eigenvalue weighted by Crippen LogP contribution is 2.20. The van der Waals surface area contributed by atoms with Gasteiger partial charge in [-0.05, 0) is 38.0 Å². The van der Waals surface area contributed by atoms with E-state index < -0.39 is 24.0 Å². The first-order valence-electron chi connectivity index (χ1n) is 7.50. The van der Waals surface area contributed by atoms with Gasteiger partial charge in [-0.15, -0.1) is 0 Å². The number of aliphatic carboxylic acids is 1. The van der Waals surface area contributed by atoms with Crippen LogP contribution in [0.2, 0.25) is 0 Å². The molecule has 2 N–H and O–H groups in total. The van der Waals surface area contributed by atoms with Crippen LogP contribution in [0.25, 0.3) is 0 Å². The number of rotatable bonds is 6. The molecular formula is C16H20BrNO5. The topological polar surface area (TPSA) is 84.9 Å². The molecule has 1 amide bonds. The van der Waals surface area contributed by atoms with Gasteiger partial charge >= 0.3 is 5.97 Å². The van der Waals surface area contributed by atoms with Gasteiger partial charge in [-0.25, -0.2) is 4.79 Å². The number of nitrogens with one attached hydrogen (secondary N) is 1. The van der Waals surface area contributed by atoms with E-state index in [2.05, 4.69) is 21.2 Å². The molecule has 0 spiro atoms. The molecule has 0 radical (unpaired) electrons. The second-order valence-electron chi connectivity index (χ2n) is 5.52. The van der Waals surface area contributed by atoms with Gasteiger partial charge in [-0.3, -0.25) is 4.79 Å². The summed E-state index contributed by atoms with van der Waals surface area (Å²) in [7, 11) is 0. The zero-order valence-corrected chi connectivity index (χ0v) is 14.4. The summed E-state index contributed by atoms with van der Waals surface area (Å²) in [5.41, 5.74) is 0. The van der Waals surface area contributed by atoms with Crippen molar-refractivity contribution >= 4 is 27.8 Å². The van der Waals surface area contributed by atoms with E-state index in [1.54, 1.807) is 25.1 Å². The number of benzene rings is 1. The Morgan fingerprint density at radius 3 is 2.87 bits per heavy atom. The second-order valence-corrected chi connectivity index (χ2v) is 6.43. The average molecular weight is 386 g/mol. The lowest BCUT2D eigenvalue weighted by Crippen LogP contribution is -2.51. The molecule has 0 aliphatic carbocycles. The molecule has 1 fully saturated rings. The number of carbonyl (C=O) groups is 2. The molecule has 0 saturated carbocycles. The molecule has 0 aromatic heterocycles. The van der Waals surface area contributed by atoms with E-state index in [0.717, 1.165) is 17.3 Å². The molecule has 6 nitrogen and oxygen atoms in total. The van der Waals surface area contributed by atoms with E-state index in [-0.39, 0.29) is 5.92 Å². The van der Waals surface area contributed by atoms with Crippen LogP contribution in [-0.4, -0.2) is 42.3 Å². The van der Waals surface area contributed by atoms with Crippen LogP contribution in [-0.2, 0) is 14.3 Å². The Balaban J connectivity index is 1.96. The second kappa shape index (κ2) is 8.31. The first-order chi connectivity index (χ1) is 11.0. The first kappa shape index (κ1) is 17.7. The van der Waals surface area contributed by atoms with Crippen LogP contribution in [0.3, 0.4) is 0 Å². The number of carbonyl (C=O) groups excluding carboxylic acids is 1. The maximum absolute atomic E-state index is 12.2. The number of carboxylic acids is 1. The van der Waals surface area contributed by atoms with Crippen molar-refractivity contribution in [2.24, 2.45) is 5.92 Å². The van der Waals surface area contributed by atoms with Gasteiger partial charge < -0.3 is 19.9 Å². The molecule has 23 heavy (non-hydrogen) atoms. The van der Waals surface area contributed by atoms with Crippen molar-refractivity contribution in [3.63, 3.8) is 0 Å². The fourth-order valence-corrected chi connectivity index (χ4v) is 2.86. The summed E-state index contributed by atoms with van der Waals surface area (Å²) in [6.07, 6.45) is 0.725. The largest absolute Gasteiger partial charge is 0.481 e. The Labute approximate surface area is 143 Å². The van der Waals surface area contributed by atoms with Crippen molar-refractivity contribution in [2.75, 3.05) is 13.2 Å². The van der Waals surface area contributed by atoms with Crippen LogP contribution in [0.5, 0.6) is 5.75 Å². The number of halogens is 1. The molecule has 3 unspecified atom stereocenters. The first-order valence-corrected chi connectivity index (χ1v) is 8.30. The summed E-state index contributed by atoms with van der Waals surface area (Å²) in [5, 5.41) is 11.9. The Hall–Kier alpha value is -1.60. The van der Waals surface area contributed by atoms with Crippen molar-refractivity contribution in [2.45, 2.75) is 31.9 Å². The monoisotopic (exact) mass is 385 g/mol. The lowest BCUT2D eigenvalue weighted by Gasteiger charge is -2.28. The lowest BCUT2D eigenvalue weighted by atomic mass is 9.93. The zero-order valence-electron chi connectivity index (χ0n) is 12.8. The summed E-state index contributed by atoms with van der Waals surface area (Å²) >= 11 is 3.33. The molecule has 126 valence electrons. The highest BCUT2D eigenvalue weighted by atomic mass is 79.9. The van der Waals surface area contributed by atoms with Crippen molar-refractivity contribution in [1.82, 2.24) is 5.32 Å². The van der Waals surface area contributed by atoms with Crippen LogP contribution in [0.15, 0.2) is 28.7 Å². The number of ether oxygens (including phenoxy) is 2. The normalized spacial score (nSPS) is 20.3. The SMILES string of the molecule is CC(Oc1cccc(Br)c1)C(=O)NC(C(=O)O)C1CCCOC1. The van der Waals surface area contributed by atoms with E-state index in [1.807, 2.05) is 6.07 Å². The molecule has 1 aromatic carbocycles. The van der Waals surface area contributed by atoms with E-state index in [9.17, 15) is 14.7 Å². The van der Waals surface area contributed by atoms with Gasteiger partial charge in [0.2, 0.25) is 0 Å². The van der Waals surface area contributed by atoms with Gasteiger partial charge in [-0.2, -0.15) is 0 Å². The third kappa shape index (κ3) is 5.21. The molecule has 3 atom stereocenters. The predicted octanol–water partition coefficient (Wildman–Crippen LogP) is 2.21. The Kier molecular flexibility index (Phi) is 6.41. The van der Waals surface area contributed by atoms with Crippen molar-refractivity contribution in [1.29, 1.82) is 0 Å². The van der Waals surface area contributed by atoms with Crippen LogP contribution >= 0.6 is 15.9 Å². The Morgan fingerprint density at radius 1 is 1.48 bits per heavy atom. The average Bonchev–Trinajstić information content (AvgIpc) is 2.52. The highest BCUT2D eigenvalue weighted by molar-refractivity contribution is 9.10. The highest BCUT2D eigenvalue weighted by Gasteiger charge is 2.32. The van der Waals surface area contributed by atoms with Gasteiger partial charge in [0.1, 0.15) is 11.8 Å². The van der Waals surface area contributed by atoms with E-state index in [1.165, 1.54) is 0 Å². The minimum atomic E-state index is -1.05. The summed E-state index contributed by atoms with van der Waals surface area (Å²) in [6.45, 7) is 2.57. The van der Waals surface area contributed by atoms with Crippen LogP contribution in [0.1, 0.15) is 19.8 Å². The maximum atomic E-state index is 12.2. The summed E-state index contributed by atoms with van der Waals surface area (Å²) in [5.74, 6) is -1.19. The minimum Gasteiger partial charge on any atom is -0.481 e. The summed E-state index contributed by atoms with van der Waals surface area (Å²) in [6, 6.07) is 6.16. The van der Waals surface area contributed by atoms with Gasteiger partial charge in [0.25, 0.3) is 5.91 Å². The predicted molar refractivity (Wildman–Crippen MR) is 87.3 cm³/mol.